The molecule has 2 rings (SSSR count). The van der Waals surface area contributed by atoms with Crippen molar-refractivity contribution in [1.29, 1.82) is 0 Å². The summed E-state index contributed by atoms with van der Waals surface area (Å²) < 4.78 is 0.822. The topological polar surface area (TPSA) is 42.0 Å². The van der Waals surface area contributed by atoms with Crippen molar-refractivity contribution in [2.24, 2.45) is 0 Å². The summed E-state index contributed by atoms with van der Waals surface area (Å²) >= 11 is 8.01. The highest BCUT2D eigenvalue weighted by atomic mass is 127. The normalized spacial score (nSPS) is 10.4. The van der Waals surface area contributed by atoms with Crippen molar-refractivity contribution in [3.63, 3.8) is 0 Å². The molecule has 3 nitrogen and oxygen atoms in total. The quantitative estimate of drug-likeness (QED) is 0.753. The summed E-state index contributed by atoms with van der Waals surface area (Å²) in [6.07, 6.45) is 0. The lowest BCUT2D eigenvalue weighted by molar-refractivity contribution is 0.102. The third kappa shape index (κ3) is 3.30. The first kappa shape index (κ1) is 15.3. The number of halogens is 2. The van der Waals surface area contributed by atoms with Crippen LogP contribution in [0.25, 0.3) is 0 Å². The Balaban J connectivity index is 2.33. The molecule has 1 heterocycles. The van der Waals surface area contributed by atoms with E-state index in [2.05, 4.69) is 32.9 Å². The molecule has 1 amide bonds. The maximum absolute atomic E-state index is 12.3. The molecule has 104 valence electrons. The summed E-state index contributed by atoms with van der Waals surface area (Å²) in [4.78, 5) is 16.7. The third-order valence-corrected chi connectivity index (χ3v) is 4.07. The van der Waals surface area contributed by atoms with Gasteiger partial charge in [0.15, 0.2) is 0 Å². The van der Waals surface area contributed by atoms with E-state index >= 15 is 0 Å². The Morgan fingerprint density at radius 2 is 1.95 bits per heavy atom. The summed E-state index contributed by atoms with van der Waals surface area (Å²) in [5.74, 6) is -0.150. The van der Waals surface area contributed by atoms with Gasteiger partial charge in [-0.15, -0.1) is 0 Å². The monoisotopic (exact) mass is 400 g/mol. The fourth-order valence-electron chi connectivity index (χ4n) is 2.07. The maximum atomic E-state index is 12.3. The highest BCUT2D eigenvalue weighted by molar-refractivity contribution is 14.1. The average molecular weight is 401 g/mol. The van der Waals surface area contributed by atoms with Crippen LogP contribution in [0.5, 0.6) is 0 Å². The van der Waals surface area contributed by atoms with E-state index in [9.17, 15) is 4.79 Å². The minimum absolute atomic E-state index is 0.150. The van der Waals surface area contributed by atoms with Gasteiger partial charge in [-0.1, -0.05) is 11.6 Å². The molecule has 0 radical (unpaired) electrons. The Morgan fingerprint density at radius 3 is 2.55 bits per heavy atom. The number of pyridine rings is 1. The van der Waals surface area contributed by atoms with Gasteiger partial charge in [-0.3, -0.25) is 9.78 Å². The van der Waals surface area contributed by atoms with Crippen LogP contribution >= 0.6 is 34.2 Å². The zero-order valence-corrected chi connectivity index (χ0v) is 14.3. The van der Waals surface area contributed by atoms with Crippen molar-refractivity contribution >= 4 is 45.8 Å². The fourth-order valence-corrected chi connectivity index (χ4v) is 3.18. The first-order valence-electron chi connectivity index (χ1n) is 6.09. The van der Waals surface area contributed by atoms with Crippen molar-refractivity contribution in [3.8, 4) is 0 Å². The van der Waals surface area contributed by atoms with Crippen LogP contribution in [0.3, 0.4) is 0 Å². The molecule has 0 spiro atoms. The number of rotatable bonds is 2. The second kappa shape index (κ2) is 6.10. The number of anilines is 1. The molecule has 0 atom stereocenters. The van der Waals surface area contributed by atoms with Gasteiger partial charge in [-0.05, 0) is 73.2 Å². The van der Waals surface area contributed by atoms with Crippen LogP contribution in [0.4, 0.5) is 5.69 Å². The Kier molecular flexibility index (Phi) is 4.65. The second-order valence-electron chi connectivity index (χ2n) is 4.62. The van der Waals surface area contributed by atoms with Crippen LogP contribution < -0.4 is 5.32 Å². The molecule has 0 saturated heterocycles. The van der Waals surface area contributed by atoms with Gasteiger partial charge in [0.2, 0.25) is 0 Å². The average Bonchev–Trinajstić information content (AvgIpc) is 2.33. The number of carbonyl (C=O) groups is 1. The summed E-state index contributed by atoms with van der Waals surface area (Å²) in [6.45, 7) is 5.79. The van der Waals surface area contributed by atoms with Gasteiger partial charge in [-0.25, -0.2) is 0 Å². The highest BCUT2D eigenvalue weighted by Gasteiger charge is 2.13. The van der Waals surface area contributed by atoms with E-state index in [0.29, 0.717) is 10.6 Å². The Labute approximate surface area is 136 Å². The van der Waals surface area contributed by atoms with E-state index in [0.717, 1.165) is 26.2 Å². The molecule has 0 unspecified atom stereocenters. The van der Waals surface area contributed by atoms with Gasteiger partial charge in [0.05, 0.1) is 16.9 Å². The zero-order chi connectivity index (χ0) is 14.9. The lowest BCUT2D eigenvalue weighted by atomic mass is 10.1. The predicted molar refractivity (Wildman–Crippen MR) is 90.6 cm³/mol. The number of amides is 1. The van der Waals surface area contributed by atoms with Crippen LogP contribution in [-0.2, 0) is 0 Å². The summed E-state index contributed by atoms with van der Waals surface area (Å²) in [7, 11) is 0. The van der Waals surface area contributed by atoms with Gasteiger partial charge in [0.25, 0.3) is 5.91 Å². The number of hydrogen-bond acceptors (Lipinski definition) is 2. The number of nitrogens with zero attached hydrogens (tertiary/aromatic N) is 1. The lowest BCUT2D eigenvalue weighted by Gasteiger charge is -2.12. The molecule has 2 aromatic rings. The van der Waals surface area contributed by atoms with Gasteiger partial charge < -0.3 is 5.32 Å². The molecule has 0 bridgehead atoms. The summed E-state index contributed by atoms with van der Waals surface area (Å²) in [5, 5.41) is 3.55. The van der Waals surface area contributed by atoms with Crippen molar-refractivity contribution < 1.29 is 4.79 Å². The minimum atomic E-state index is -0.150. The number of carbonyl (C=O) groups excluding carboxylic acids is 1. The Bertz CT molecular complexity index is 663. The molecule has 0 aliphatic heterocycles. The minimum Gasteiger partial charge on any atom is -0.320 e. The number of hydrogen-bond donors (Lipinski definition) is 1. The fraction of sp³-hybridized carbons (Fsp3) is 0.200. The van der Waals surface area contributed by atoms with E-state index in [1.165, 1.54) is 0 Å². The van der Waals surface area contributed by atoms with Crippen molar-refractivity contribution in [1.82, 2.24) is 4.98 Å². The van der Waals surface area contributed by atoms with E-state index in [-0.39, 0.29) is 5.91 Å². The zero-order valence-electron chi connectivity index (χ0n) is 11.4. The van der Waals surface area contributed by atoms with Crippen LogP contribution in [0.2, 0.25) is 5.02 Å². The van der Waals surface area contributed by atoms with Crippen LogP contribution in [0, 0.1) is 24.3 Å². The smallest absolute Gasteiger partial charge is 0.256 e. The van der Waals surface area contributed by atoms with Crippen molar-refractivity contribution in [3.05, 3.63) is 55.4 Å². The summed E-state index contributed by atoms with van der Waals surface area (Å²) in [6, 6.07) is 7.16. The number of nitrogens with one attached hydrogen (secondary N) is 1. The largest absolute Gasteiger partial charge is 0.320 e. The van der Waals surface area contributed by atoms with Gasteiger partial charge in [-0.2, -0.15) is 0 Å². The van der Waals surface area contributed by atoms with Crippen molar-refractivity contribution in [2.45, 2.75) is 20.8 Å². The van der Waals surface area contributed by atoms with Crippen LogP contribution in [-0.4, -0.2) is 10.9 Å². The first-order chi connectivity index (χ1) is 9.38. The Hall–Kier alpha value is -1.14. The third-order valence-electron chi connectivity index (χ3n) is 2.94. The maximum Gasteiger partial charge on any atom is 0.256 e. The van der Waals surface area contributed by atoms with E-state index in [4.69, 9.17) is 11.6 Å². The van der Waals surface area contributed by atoms with E-state index < -0.39 is 0 Å². The molecule has 20 heavy (non-hydrogen) atoms. The molecule has 5 heteroatoms. The number of aryl methyl sites for hydroxylation is 3. The molecule has 0 aliphatic carbocycles. The highest BCUT2D eigenvalue weighted by Crippen LogP contribution is 2.22. The van der Waals surface area contributed by atoms with Crippen LogP contribution in [0.15, 0.2) is 24.3 Å². The number of aromatic nitrogens is 1. The summed E-state index contributed by atoms with van der Waals surface area (Å²) in [5.41, 5.74) is 4.15. The Morgan fingerprint density at radius 1 is 1.25 bits per heavy atom. The molecular formula is C15H14ClIN2O. The van der Waals surface area contributed by atoms with E-state index in [1.807, 2.05) is 26.8 Å². The van der Waals surface area contributed by atoms with Gasteiger partial charge in [0.1, 0.15) is 0 Å². The second-order valence-corrected chi connectivity index (χ2v) is 6.22. The molecule has 0 saturated carbocycles. The standard InChI is InChI=1S/C15H14ClIN2O/c1-8-6-9(2)18-10(3)14(8)19-15(20)12-5-4-11(16)7-13(12)17/h4-7H,1-3H3,(H,19,20). The molecule has 1 aromatic heterocycles. The van der Waals surface area contributed by atoms with Crippen LogP contribution in [0.1, 0.15) is 27.3 Å². The van der Waals surface area contributed by atoms with E-state index in [1.54, 1.807) is 18.2 Å². The molecule has 1 N–H and O–H groups in total. The van der Waals surface area contributed by atoms with Gasteiger partial charge in [0, 0.05) is 14.3 Å². The molecule has 1 aromatic carbocycles. The molecular weight excluding hydrogens is 387 g/mol. The number of benzene rings is 1. The van der Waals surface area contributed by atoms with Gasteiger partial charge >= 0.3 is 0 Å². The molecule has 0 aliphatic rings. The predicted octanol–water partition coefficient (Wildman–Crippen LogP) is 4.52. The van der Waals surface area contributed by atoms with Crippen molar-refractivity contribution in [2.75, 3.05) is 5.32 Å². The SMILES string of the molecule is Cc1cc(C)c(NC(=O)c2ccc(Cl)cc2I)c(C)n1. The first-order valence-corrected chi connectivity index (χ1v) is 7.55. The lowest BCUT2D eigenvalue weighted by Crippen LogP contribution is -2.15. The molecule has 0 fully saturated rings.